The fraction of sp³-hybridized carbons (Fsp3) is 0.765. The minimum absolute atomic E-state index is 0.0938. The second-order valence-electron chi connectivity index (χ2n) is 7.04. The number of likely N-dealkylation sites (N-methyl/N-ethyl adjacent to an activating group) is 1. The van der Waals surface area contributed by atoms with E-state index in [1.807, 2.05) is 32.6 Å². The number of aromatic nitrogens is 2. The lowest BCUT2D eigenvalue weighted by atomic mass is 9.96. The van der Waals surface area contributed by atoms with E-state index >= 15 is 0 Å². The number of carbonyl (C=O) groups is 1. The highest BCUT2D eigenvalue weighted by Gasteiger charge is 2.45. The van der Waals surface area contributed by atoms with Crippen molar-refractivity contribution < 1.29 is 4.79 Å². The maximum absolute atomic E-state index is 13.0. The number of rotatable bonds is 5. The summed E-state index contributed by atoms with van der Waals surface area (Å²) >= 11 is 0. The fourth-order valence-corrected chi connectivity index (χ4v) is 3.89. The highest BCUT2D eigenvalue weighted by atomic mass is 16.2. The Morgan fingerprint density at radius 1 is 1.24 bits per heavy atom. The van der Waals surface area contributed by atoms with Crippen LogP contribution in [0.5, 0.6) is 0 Å². The molecule has 21 heavy (non-hydrogen) atoms. The molecular formula is C17H27N3O. The minimum Gasteiger partial charge on any atom is -0.342 e. The van der Waals surface area contributed by atoms with E-state index in [0.29, 0.717) is 6.04 Å². The smallest absolute Gasteiger partial charge is 0.229 e. The third kappa shape index (κ3) is 2.60. The first kappa shape index (κ1) is 14.6. The van der Waals surface area contributed by atoms with E-state index in [1.165, 1.54) is 25.7 Å². The van der Waals surface area contributed by atoms with E-state index in [2.05, 4.69) is 16.9 Å². The van der Waals surface area contributed by atoms with Crippen molar-refractivity contribution in [1.82, 2.24) is 14.7 Å². The second kappa shape index (κ2) is 5.15. The van der Waals surface area contributed by atoms with Gasteiger partial charge in [-0.2, -0.15) is 5.10 Å². The molecular weight excluding hydrogens is 262 g/mol. The van der Waals surface area contributed by atoms with E-state index in [0.717, 1.165) is 28.8 Å². The number of aryl methyl sites for hydroxylation is 2. The number of amides is 1. The molecule has 4 nitrogen and oxygen atoms in total. The lowest BCUT2D eigenvalue weighted by molar-refractivity contribution is -0.134. The van der Waals surface area contributed by atoms with Crippen molar-refractivity contribution in [2.75, 3.05) is 7.05 Å². The molecule has 1 heterocycles. The van der Waals surface area contributed by atoms with Crippen LogP contribution >= 0.6 is 0 Å². The molecule has 1 aromatic rings. The van der Waals surface area contributed by atoms with Gasteiger partial charge in [-0.05, 0) is 58.3 Å². The molecule has 2 saturated carbocycles. The van der Waals surface area contributed by atoms with Crippen LogP contribution in [0.4, 0.5) is 0 Å². The minimum atomic E-state index is -0.0938. The molecule has 0 spiro atoms. The third-order valence-electron chi connectivity index (χ3n) is 5.37. The van der Waals surface area contributed by atoms with Crippen molar-refractivity contribution in [1.29, 1.82) is 0 Å². The van der Waals surface area contributed by atoms with Crippen LogP contribution in [0.15, 0.2) is 0 Å². The number of hydrogen-bond acceptors (Lipinski definition) is 2. The molecule has 0 aliphatic heterocycles. The predicted molar refractivity (Wildman–Crippen MR) is 83.1 cm³/mol. The summed E-state index contributed by atoms with van der Waals surface area (Å²) < 4.78 is 1.88. The zero-order valence-corrected chi connectivity index (χ0v) is 13.9. The summed E-state index contributed by atoms with van der Waals surface area (Å²) in [5.74, 6) is 1.69. The van der Waals surface area contributed by atoms with E-state index in [4.69, 9.17) is 0 Å². The van der Waals surface area contributed by atoms with E-state index in [-0.39, 0.29) is 11.8 Å². The van der Waals surface area contributed by atoms with Gasteiger partial charge in [0.15, 0.2) is 0 Å². The summed E-state index contributed by atoms with van der Waals surface area (Å²) in [6.07, 6.45) is 5.21. The molecule has 0 radical (unpaired) electrons. The van der Waals surface area contributed by atoms with Crippen LogP contribution in [0, 0.1) is 25.7 Å². The SMILES string of the molecule is Cc1nn(C)c(C)c1C(C)C(=O)N(C)C(C1CC1)C1CC1. The Balaban J connectivity index is 1.80. The quantitative estimate of drug-likeness (QED) is 0.836. The van der Waals surface area contributed by atoms with E-state index in [9.17, 15) is 4.79 Å². The molecule has 1 amide bonds. The zero-order valence-electron chi connectivity index (χ0n) is 13.9. The number of nitrogens with zero attached hydrogens (tertiary/aromatic N) is 3. The van der Waals surface area contributed by atoms with Gasteiger partial charge in [0.1, 0.15) is 0 Å². The third-order valence-corrected chi connectivity index (χ3v) is 5.37. The second-order valence-corrected chi connectivity index (χ2v) is 7.04. The van der Waals surface area contributed by atoms with Gasteiger partial charge in [0, 0.05) is 31.4 Å². The fourth-order valence-electron chi connectivity index (χ4n) is 3.89. The molecule has 1 aromatic heterocycles. The lowest BCUT2D eigenvalue weighted by Crippen LogP contribution is -2.42. The molecule has 2 aliphatic rings. The van der Waals surface area contributed by atoms with Crippen molar-refractivity contribution in [2.45, 2.75) is 58.4 Å². The van der Waals surface area contributed by atoms with Crippen LogP contribution in [0.2, 0.25) is 0 Å². The topological polar surface area (TPSA) is 38.1 Å². The molecule has 0 bridgehead atoms. The molecule has 2 aliphatic carbocycles. The van der Waals surface area contributed by atoms with Gasteiger partial charge >= 0.3 is 0 Å². The Morgan fingerprint density at radius 2 is 1.76 bits per heavy atom. The van der Waals surface area contributed by atoms with Crippen LogP contribution in [-0.2, 0) is 11.8 Å². The molecule has 2 fully saturated rings. The normalized spacial score (nSPS) is 19.9. The highest BCUT2D eigenvalue weighted by Crippen LogP contribution is 2.47. The first-order chi connectivity index (χ1) is 9.91. The van der Waals surface area contributed by atoms with Crippen molar-refractivity contribution in [3.8, 4) is 0 Å². The first-order valence-electron chi connectivity index (χ1n) is 8.18. The largest absolute Gasteiger partial charge is 0.342 e. The van der Waals surface area contributed by atoms with Gasteiger partial charge in [0.2, 0.25) is 5.91 Å². The molecule has 0 N–H and O–H groups in total. The molecule has 1 atom stereocenters. The first-order valence-corrected chi connectivity index (χ1v) is 8.18. The van der Waals surface area contributed by atoms with Gasteiger partial charge in [-0.3, -0.25) is 9.48 Å². The molecule has 0 saturated heterocycles. The van der Waals surface area contributed by atoms with Crippen LogP contribution in [0.1, 0.15) is 55.5 Å². The standard InChI is InChI=1S/C17H27N3O/c1-10(15-11(2)18-20(5)12(15)3)17(21)19(4)16(13-6-7-13)14-8-9-14/h10,13-14,16H,6-9H2,1-5H3. The summed E-state index contributed by atoms with van der Waals surface area (Å²) in [5.41, 5.74) is 3.20. The molecule has 3 rings (SSSR count). The van der Waals surface area contributed by atoms with Gasteiger partial charge in [0.05, 0.1) is 11.6 Å². The molecule has 0 aromatic carbocycles. The number of hydrogen-bond donors (Lipinski definition) is 0. The van der Waals surface area contributed by atoms with Crippen LogP contribution in [-0.4, -0.2) is 33.7 Å². The molecule has 4 heteroatoms. The Bertz CT molecular complexity index is 543. The summed E-state index contributed by atoms with van der Waals surface area (Å²) in [7, 11) is 3.96. The average Bonchev–Trinajstić information content (AvgIpc) is 3.31. The predicted octanol–water partition coefficient (Wildman–Crippen LogP) is 2.79. The van der Waals surface area contributed by atoms with E-state index in [1.54, 1.807) is 0 Å². The van der Waals surface area contributed by atoms with Crippen molar-refractivity contribution in [3.63, 3.8) is 0 Å². The van der Waals surface area contributed by atoms with Crippen molar-refractivity contribution in [2.24, 2.45) is 18.9 Å². The maximum atomic E-state index is 13.0. The van der Waals surface area contributed by atoms with Crippen molar-refractivity contribution in [3.05, 3.63) is 17.0 Å². The maximum Gasteiger partial charge on any atom is 0.229 e. The van der Waals surface area contributed by atoms with Gasteiger partial charge < -0.3 is 4.90 Å². The van der Waals surface area contributed by atoms with Crippen LogP contribution in [0.25, 0.3) is 0 Å². The van der Waals surface area contributed by atoms with Gasteiger partial charge in [-0.1, -0.05) is 0 Å². The summed E-state index contributed by atoms with van der Waals surface area (Å²) in [4.78, 5) is 15.0. The lowest BCUT2D eigenvalue weighted by Gasteiger charge is -2.31. The molecule has 116 valence electrons. The Hall–Kier alpha value is -1.32. The number of carbonyl (C=O) groups excluding carboxylic acids is 1. The Morgan fingerprint density at radius 3 is 2.14 bits per heavy atom. The van der Waals surface area contributed by atoms with E-state index < -0.39 is 0 Å². The summed E-state index contributed by atoms with van der Waals surface area (Å²) in [6, 6.07) is 0.484. The van der Waals surface area contributed by atoms with Crippen molar-refractivity contribution >= 4 is 5.91 Å². The van der Waals surface area contributed by atoms with Gasteiger partial charge in [-0.25, -0.2) is 0 Å². The zero-order chi connectivity index (χ0) is 15.3. The highest BCUT2D eigenvalue weighted by molar-refractivity contribution is 5.84. The van der Waals surface area contributed by atoms with Gasteiger partial charge in [0.25, 0.3) is 0 Å². The van der Waals surface area contributed by atoms with Gasteiger partial charge in [-0.15, -0.1) is 0 Å². The van der Waals surface area contributed by atoms with Crippen LogP contribution < -0.4 is 0 Å². The monoisotopic (exact) mass is 289 g/mol. The van der Waals surface area contributed by atoms with Crippen LogP contribution in [0.3, 0.4) is 0 Å². The summed E-state index contributed by atoms with van der Waals surface area (Å²) in [5, 5.41) is 4.46. The Labute approximate surface area is 127 Å². The average molecular weight is 289 g/mol. The Kier molecular flexibility index (Phi) is 3.58. The molecule has 1 unspecified atom stereocenters. The summed E-state index contributed by atoms with van der Waals surface area (Å²) in [6.45, 7) is 6.09.